The molecule has 422 valence electrons. The Bertz CT molecular complexity index is 3140. The summed E-state index contributed by atoms with van der Waals surface area (Å²) in [7, 11) is -5.87. The number of hydrogen-bond acceptors (Lipinski definition) is 17. The Balaban J connectivity index is 0.000000240. The molecule has 2 aliphatic heterocycles. The molecule has 0 aliphatic carbocycles. The Morgan fingerprint density at radius 1 is 0.709 bits per heavy atom. The number of aryl methyl sites for hydroxylation is 2. The van der Waals surface area contributed by atoms with Crippen molar-refractivity contribution in [1.82, 2.24) is 49.7 Å². The van der Waals surface area contributed by atoms with E-state index in [0.29, 0.717) is 42.2 Å². The van der Waals surface area contributed by atoms with Crippen molar-refractivity contribution < 1.29 is 52.9 Å². The van der Waals surface area contributed by atoms with Gasteiger partial charge in [-0.05, 0) is 63.7 Å². The first-order valence-electron chi connectivity index (χ1n) is 24.5. The minimum Gasteiger partial charge on any atom is -0.321 e. The van der Waals surface area contributed by atoms with Crippen LogP contribution in [0.5, 0.6) is 0 Å². The molecule has 6 aromatic rings. The number of halogens is 8. The van der Waals surface area contributed by atoms with Gasteiger partial charge in [-0.15, -0.1) is 12.4 Å². The number of benzene rings is 2. The molecule has 3 N–H and O–H groups in total. The predicted octanol–water partition coefficient (Wildman–Crippen LogP) is 10.1. The maximum Gasteiger partial charge on any atom is 0.523 e. The van der Waals surface area contributed by atoms with Gasteiger partial charge in [0, 0.05) is 85.8 Å². The third-order valence-corrected chi connectivity index (χ3v) is 13.2. The van der Waals surface area contributed by atoms with Crippen LogP contribution in [-0.4, -0.2) is 122 Å². The van der Waals surface area contributed by atoms with E-state index in [1.807, 2.05) is 72.0 Å². The van der Waals surface area contributed by atoms with Gasteiger partial charge in [0.2, 0.25) is 11.9 Å². The van der Waals surface area contributed by atoms with E-state index in [-0.39, 0.29) is 62.2 Å². The fraction of sp³-hybridized carbons (Fsp3) is 0.412. The molecule has 0 radical (unpaired) electrons. The van der Waals surface area contributed by atoms with E-state index in [9.17, 15) is 48.7 Å². The molecule has 0 unspecified atom stereocenters. The van der Waals surface area contributed by atoms with Gasteiger partial charge in [0.25, 0.3) is 12.9 Å². The molecule has 8 rings (SSSR count). The highest BCUT2D eigenvalue weighted by molar-refractivity contribution is 7.87. The lowest BCUT2D eigenvalue weighted by molar-refractivity contribution is -0.0572. The first kappa shape index (κ1) is 62.4. The summed E-state index contributed by atoms with van der Waals surface area (Å²) in [5, 5.41) is 36.1. The number of carbonyl (C=O) groups is 2. The molecule has 0 spiro atoms. The van der Waals surface area contributed by atoms with Gasteiger partial charge in [-0.2, -0.15) is 42.3 Å². The van der Waals surface area contributed by atoms with E-state index in [0.717, 1.165) is 83.8 Å². The van der Waals surface area contributed by atoms with Crippen molar-refractivity contribution in [3.63, 3.8) is 0 Å². The third-order valence-electron chi connectivity index (χ3n) is 12.2. The Kier molecular flexibility index (Phi) is 23.3. The average Bonchev–Trinajstić information content (AvgIpc) is 4.11. The number of piperidine rings is 2. The lowest BCUT2D eigenvalue weighted by Gasteiger charge is -2.31. The van der Waals surface area contributed by atoms with E-state index < -0.39 is 35.1 Å². The monoisotopic (exact) mass is 1140 g/mol. The van der Waals surface area contributed by atoms with Crippen LogP contribution in [0.1, 0.15) is 95.3 Å². The van der Waals surface area contributed by atoms with Gasteiger partial charge in [-0.1, -0.05) is 48.5 Å². The number of aromatic nitrogens is 8. The Morgan fingerprint density at radius 2 is 1.14 bits per heavy atom. The van der Waals surface area contributed by atoms with E-state index in [1.54, 1.807) is 54.0 Å². The normalized spacial score (nSPS) is 14.2. The standard InChI is InChI=1S/C25H27F2N7O.C23H25N7O.C3H3F5O3S.ClH/c1-17-13-29-25(32-24(17)19-6-4-18(5-7-19)22(35)3-2-10-28)31-20-14-30-34(15-20)21-8-11-33(12-9-21)16-23(26)27;1-16-13-26-23(28-19-14-27-30(15-19)20-8-11-25-12-9-20)29-22(16)18-6-4-17(5-7-18)21(31)3-2-10-24;4-2(5)1-11-12(9,10)3(6,7)8;/h4-7,13-15,21,23H,2-3,8-9,11-12,16H2,1H3,(H,29,31,32);4-7,13-15,20,25H,2-3,8-9,11-12H2,1H3,(H,26,28,29);2H,1H2;1H. The zero-order valence-corrected chi connectivity index (χ0v) is 44.3. The summed E-state index contributed by atoms with van der Waals surface area (Å²) >= 11 is 0. The highest BCUT2D eigenvalue weighted by atomic mass is 35.5. The lowest BCUT2D eigenvalue weighted by Crippen LogP contribution is -2.37. The van der Waals surface area contributed by atoms with Gasteiger partial charge in [0.15, 0.2) is 11.6 Å². The molecule has 19 nitrogen and oxygen atoms in total. The van der Waals surface area contributed by atoms with Crippen LogP contribution < -0.4 is 16.0 Å². The van der Waals surface area contributed by atoms with Crippen LogP contribution in [0.15, 0.2) is 85.7 Å². The molecule has 6 heterocycles. The molecule has 0 saturated carbocycles. The summed E-state index contributed by atoms with van der Waals surface area (Å²) in [6.07, 6.45) is 9.91. The predicted molar refractivity (Wildman–Crippen MR) is 280 cm³/mol. The molecule has 0 atom stereocenters. The van der Waals surface area contributed by atoms with Crippen LogP contribution in [0.4, 0.5) is 54.0 Å². The number of nitriles is 2. The number of nitrogens with one attached hydrogen (secondary N) is 3. The van der Waals surface area contributed by atoms with E-state index in [2.05, 4.69) is 50.3 Å². The van der Waals surface area contributed by atoms with Crippen molar-refractivity contribution in [2.24, 2.45) is 0 Å². The first-order chi connectivity index (χ1) is 37.2. The number of ketones is 2. The number of anilines is 4. The van der Waals surface area contributed by atoms with Gasteiger partial charge >= 0.3 is 15.6 Å². The zero-order valence-electron chi connectivity index (χ0n) is 42.7. The topological polar surface area (TPSA) is 252 Å². The highest BCUT2D eigenvalue weighted by Crippen LogP contribution is 2.29. The zero-order chi connectivity index (χ0) is 56.4. The first-order valence-corrected chi connectivity index (χ1v) is 25.9. The van der Waals surface area contributed by atoms with Gasteiger partial charge in [0.1, 0.15) is 6.61 Å². The van der Waals surface area contributed by atoms with Crippen molar-refractivity contribution in [2.45, 2.75) is 95.7 Å². The van der Waals surface area contributed by atoms with Crippen molar-refractivity contribution >= 4 is 57.4 Å². The number of alkyl halides is 7. The van der Waals surface area contributed by atoms with Crippen molar-refractivity contribution in [2.75, 3.05) is 50.0 Å². The van der Waals surface area contributed by atoms with E-state index in [4.69, 9.17) is 10.5 Å². The summed E-state index contributed by atoms with van der Waals surface area (Å²) < 4.78 is 108. The summed E-state index contributed by atoms with van der Waals surface area (Å²) in [5.41, 5.74) is 2.28. The second-order valence-electron chi connectivity index (χ2n) is 17.9. The molecule has 2 fully saturated rings. The maximum absolute atomic E-state index is 12.6. The molecule has 0 bridgehead atoms. The molecular formula is C51H56ClF7N14O5S. The number of nitrogens with zero attached hydrogens (tertiary/aromatic N) is 11. The Labute approximate surface area is 457 Å². The molecule has 2 aliphatic rings. The molecule has 2 saturated heterocycles. The third kappa shape index (κ3) is 18.6. The smallest absolute Gasteiger partial charge is 0.321 e. The van der Waals surface area contributed by atoms with Crippen LogP contribution in [0.3, 0.4) is 0 Å². The van der Waals surface area contributed by atoms with Crippen LogP contribution in [0, 0.1) is 36.5 Å². The molecule has 79 heavy (non-hydrogen) atoms. The number of carbonyl (C=O) groups excluding carboxylic acids is 2. The fourth-order valence-corrected chi connectivity index (χ4v) is 8.56. The van der Waals surface area contributed by atoms with Crippen LogP contribution in [-0.2, 0) is 14.3 Å². The van der Waals surface area contributed by atoms with Crippen LogP contribution in [0.2, 0.25) is 0 Å². The highest BCUT2D eigenvalue weighted by Gasteiger charge is 2.47. The van der Waals surface area contributed by atoms with Gasteiger partial charge in [-0.25, -0.2) is 37.5 Å². The Hall–Kier alpha value is -7.43. The van der Waals surface area contributed by atoms with E-state index in [1.165, 1.54) is 0 Å². The fourth-order valence-electron chi connectivity index (χ4n) is 8.15. The second kappa shape index (κ2) is 29.5. The summed E-state index contributed by atoms with van der Waals surface area (Å²) in [6.45, 7) is 5.20. The number of rotatable bonds is 19. The molecule has 2 aromatic carbocycles. The van der Waals surface area contributed by atoms with Gasteiger partial charge in [0.05, 0.1) is 65.9 Å². The molecular weight excluding hydrogens is 1090 g/mol. The lowest BCUT2D eigenvalue weighted by atomic mass is 10.0. The Morgan fingerprint density at radius 3 is 1.53 bits per heavy atom. The van der Waals surface area contributed by atoms with Gasteiger partial charge < -0.3 is 16.0 Å². The number of hydrogen-bond donors (Lipinski definition) is 3. The average molecular weight is 1150 g/mol. The number of Topliss-reactive ketones (excluding diaryl/α,β-unsaturated/α-hetero) is 2. The summed E-state index contributed by atoms with van der Waals surface area (Å²) in [5.74, 6) is 0.836. The van der Waals surface area contributed by atoms with Crippen LogP contribution >= 0.6 is 12.4 Å². The second-order valence-corrected chi connectivity index (χ2v) is 19.5. The largest absolute Gasteiger partial charge is 0.523 e. The summed E-state index contributed by atoms with van der Waals surface area (Å²) in [4.78, 5) is 44.1. The van der Waals surface area contributed by atoms with Gasteiger partial charge in [-0.3, -0.25) is 28.0 Å². The van der Waals surface area contributed by atoms with Crippen molar-refractivity contribution in [1.29, 1.82) is 10.5 Å². The minimum atomic E-state index is -5.87. The molecule has 28 heteroatoms. The van der Waals surface area contributed by atoms with Crippen molar-refractivity contribution in [3.05, 3.63) is 108 Å². The molecule has 4 aromatic heterocycles. The summed E-state index contributed by atoms with van der Waals surface area (Å²) in [6, 6.07) is 19.1. The van der Waals surface area contributed by atoms with E-state index >= 15 is 0 Å². The minimum absolute atomic E-state index is 0. The maximum atomic E-state index is 12.6. The SMILES string of the molecule is Cc1cnc(Nc2cnn(C3CCN(CC(F)F)CC3)c2)nc1-c1ccc(C(=O)CCC#N)cc1.Cc1cnc(Nc2cnn(C3CCNCC3)c2)nc1-c1ccc(C(=O)CCC#N)cc1.Cl.O=S(=O)(OCC(F)F)C(F)(F)F. The quantitative estimate of drug-likeness (QED) is 0.0295. The number of likely N-dealkylation sites (tertiary alicyclic amines) is 1. The van der Waals surface area contributed by atoms with Crippen molar-refractivity contribution in [3.8, 4) is 34.7 Å². The molecule has 0 amide bonds. The van der Waals surface area contributed by atoms with Crippen LogP contribution in [0.25, 0.3) is 22.5 Å².